The Morgan fingerprint density at radius 2 is 1.03 bits per heavy atom. The summed E-state index contributed by atoms with van der Waals surface area (Å²) in [5.74, 6) is 1.70. The maximum atomic E-state index is 6.01. The number of benzene rings is 3. The van der Waals surface area contributed by atoms with Gasteiger partial charge in [0.15, 0.2) is 11.8 Å². The lowest BCUT2D eigenvalue weighted by Gasteiger charge is -2.17. The Morgan fingerprint density at radius 3 is 1.48 bits per heavy atom. The summed E-state index contributed by atoms with van der Waals surface area (Å²) >= 11 is 0. The average Bonchev–Trinajstić information content (AvgIpc) is 3.50. The van der Waals surface area contributed by atoms with Gasteiger partial charge in [-0.1, -0.05) is 98.9 Å². The number of hydrogen-bond donors (Lipinski definition) is 0. The fourth-order valence-corrected chi connectivity index (χ4v) is 5.99. The molecule has 2 atom stereocenters. The number of hydrogen-bond acceptors (Lipinski definition) is 4. The van der Waals surface area contributed by atoms with Gasteiger partial charge in [0.2, 0.25) is 0 Å². The lowest BCUT2D eigenvalue weighted by Crippen LogP contribution is -2.17. The normalized spacial score (nSPS) is 21.0. The van der Waals surface area contributed by atoms with Gasteiger partial charge in [-0.3, -0.25) is 0 Å². The first-order chi connectivity index (χ1) is 15.3. The molecule has 2 aliphatic rings. The molecule has 0 bridgehead atoms. The van der Waals surface area contributed by atoms with E-state index in [4.69, 9.17) is 19.5 Å². The van der Waals surface area contributed by atoms with Crippen LogP contribution in [0, 0.1) is 0 Å². The summed E-state index contributed by atoms with van der Waals surface area (Å²) in [5, 5.41) is 1.32. The van der Waals surface area contributed by atoms with Crippen LogP contribution >= 0.6 is 7.92 Å². The summed E-state index contributed by atoms with van der Waals surface area (Å²) in [4.78, 5) is 9.78. The Hall–Kier alpha value is -2.97. The number of nitrogens with zero attached hydrogens (tertiary/aromatic N) is 2. The van der Waals surface area contributed by atoms with Crippen molar-refractivity contribution in [3.8, 4) is 0 Å². The van der Waals surface area contributed by atoms with Crippen molar-refractivity contribution in [3.63, 3.8) is 0 Å². The molecule has 0 saturated carbocycles. The maximum Gasteiger partial charge on any atom is 0.188 e. The van der Waals surface area contributed by atoms with Crippen molar-refractivity contribution in [1.29, 1.82) is 0 Å². The second-order valence-electron chi connectivity index (χ2n) is 7.71. The topological polar surface area (TPSA) is 43.2 Å². The highest BCUT2D eigenvalue weighted by Crippen LogP contribution is 2.38. The van der Waals surface area contributed by atoms with Crippen LogP contribution in [0.15, 0.2) is 101 Å². The highest BCUT2D eigenvalue weighted by molar-refractivity contribution is 7.67. The first-order valence-electron chi connectivity index (χ1n) is 10.6. The van der Waals surface area contributed by atoms with Gasteiger partial charge in [-0.15, -0.1) is 0 Å². The molecule has 0 spiro atoms. The predicted molar refractivity (Wildman–Crippen MR) is 128 cm³/mol. The molecule has 3 aromatic rings. The third-order valence-corrected chi connectivity index (χ3v) is 7.89. The van der Waals surface area contributed by atoms with Crippen LogP contribution in [0.1, 0.15) is 23.2 Å². The van der Waals surface area contributed by atoms with Crippen molar-refractivity contribution in [2.75, 3.05) is 25.5 Å². The minimum atomic E-state index is -0.565. The van der Waals surface area contributed by atoms with E-state index in [1.54, 1.807) is 0 Å². The lowest BCUT2D eigenvalue weighted by atomic mass is 10.1. The van der Waals surface area contributed by atoms with E-state index in [1.165, 1.54) is 16.4 Å². The van der Waals surface area contributed by atoms with Gasteiger partial charge < -0.3 is 9.47 Å². The Labute approximate surface area is 184 Å². The first kappa shape index (κ1) is 20.0. The van der Waals surface area contributed by atoms with Crippen molar-refractivity contribution in [1.82, 2.24) is 0 Å². The SMILES string of the molecule is c1ccc(C2COC(CP(CC3=NC(c4ccccc4)CO3)c3ccccc3)=N2)cc1. The lowest BCUT2D eigenvalue weighted by molar-refractivity contribution is 0.316. The molecule has 0 amide bonds. The maximum absolute atomic E-state index is 6.01. The smallest absolute Gasteiger partial charge is 0.188 e. The van der Waals surface area contributed by atoms with E-state index in [-0.39, 0.29) is 12.1 Å². The number of rotatable bonds is 7. The van der Waals surface area contributed by atoms with Gasteiger partial charge in [0, 0.05) is 12.3 Å². The predicted octanol–water partition coefficient (Wildman–Crippen LogP) is 5.13. The minimum Gasteiger partial charge on any atom is -0.478 e. The van der Waals surface area contributed by atoms with Crippen molar-refractivity contribution in [2.45, 2.75) is 12.1 Å². The minimum absolute atomic E-state index is 0.0892. The molecule has 2 heterocycles. The van der Waals surface area contributed by atoms with Crippen LogP contribution in [0.4, 0.5) is 0 Å². The molecular formula is C26H25N2O2P. The van der Waals surface area contributed by atoms with Gasteiger partial charge in [0.1, 0.15) is 25.3 Å². The van der Waals surface area contributed by atoms with Crippen LogP contribution in [-0.4, -0.2) is 37.3 Å². The summed E-state index contributed by atoms with van der Waals surface area (Å²) in [7, 11) is -0.565. The highest BCUT2D eigenvalue weighted by atomic mass is 31.1. The molecule has 0 saturated heterocycles. The molecule has 0 aliphatic carbocycles. The third-order valence-electron chi connectivity index (χ3n) is 5.56. The summed E-state index contributed by atoms with van der Waals surface area (Å²) in [6, 6.07) is 31.6. The Morgan fingerprint density at radius 1 is 0.613 bits per heavy atom. The second-order valence-corrected chi connectivity index (χ2v) is 9.94. The molecular weight excluding hydrogens is 403 g/mol. The zero-order valence-electron chi connectivity index (χ0n) is 17.3. The molecule has 0 N–H and O–H groups in total. The van der Waals surface area contributed by atoms with Gasteiger partial charge >= 0.3 is 0 Å². The fraction of sp³-hybridized carbons (Fsp3) is 0.231. The van der Waals surface area contributed by atoms with Gasteiger partial charge in [-0.25, -0.2) is 9.98 Å². The summed E-state index contributed by atoms with van der Waals surface area (Å²) in [6.07, 6.45) is 1.61. The Kier molecular flexibility index (Phi) is 6.08. The zero-order valence-corrected chi connectivity index (χ0v) is 18.2. The summed E-state index contributed by atoms with van der Waals surface area (Å²) in [6.45, 7) is 1.23. The molecule has 0 aromatic heterocycles. The van der Waals surface area contributed by atoms with Gasteiger partial charge in [-0.2, -0.15) is 0 Å². The average molecular weight is 428 g/mol. The molecule has 0 radical (unpaired) electrons. The van der Waals surface area contributed by atoms with Crippen molar-refractivity contribution >= 4 is 25.0 Å². The fourth-order valence-electron chi connectivity index (χ4n) is 3.92. The summed E-state index contributed by atoms with van der Waals surface area (Å²) in [5.41, 5.74) is 2.41. The van der Waals surface area contributed by atoms with Crippen molar-refractivity contribution in [2.24, 2.45) is 9.98 Å². The monoisotopic (exact) mass is 428 g/mol. The molecule has 156 valence electrons. The first-order valence-corrected chi connectivity index (χ1v) is 12.4. The van der Waals surface area contributed by atoms with Crippen LogP contribution in [0.5, 0.6) is 0 Å². The molecule has 5 rings (SSSR count). The molecule has 3 aromatic carbocycles. The van der Waals surface area contributed by atoms with Gasteiger partial charge in [0.05, 0.1) is 0 Å². The van der Waals surface area contributed by atoms with Crippen LogP contribution in [0.25, 0.3) is 0 Å². The van der Waals surface area contributed by atoms with E-state index < -0.39 is 7.92 Å². The van der Waals surface area contributed by atoms with Crippen LogP contribution in [0.3, 0.4) is 0 Å². The van der Waals surface area contributed by atoms with Crippen molar-refractivity contribution < 1.29 is 9.47 Å². The van der Waals surface area contributed by atoms with Crippen LogP contribution < -0.4 is 5.30 Å². The molecule has 2 aliphatic heterocycles. The van der Waals surface area contributed by atoms with E-state index in [0.29, 0.717) is 13.2 Å². The standard InChI is InChI=1S/C26H25N2O2P/c1-4-10-20(11-5-1)23-16-29-25(27-23)18-31(22-14-8-3-9-15-22)19-26-28-24(17-30-26)21-12-6-2-7-13-21/h1-15,23-24H,16-19H2. The van der Waals surface area contributed by atoms with E-state index in [1.807, 2.05) is 12.1 Å². The van der Waals surface area contributed by atoms with Crippen LogP contribution in [-0.2, 0) is 9.47 Å². The van der Waals surface area contributed by atoms with E-state index >= 15 is 0 Å². The number of ether oxygens (including phenoxy) is 2. The van der Waals surface area contributed by atoms with E-state index in [2.05, 4.69) is 78.9 Å². The molecule has 5 heteroatoms. The molecule has 4 nitrogen and oxygen atoms in total. The molecule has 31 heavy (non-hydrogen) atoms. The van der Waals surface area contributed by atoms with E-state index in [0.717, 1.165) is 24.1 Å². The number of aliphatic imine (C=N–C) groups is 2. The zero-order chi connectivity index (χ0) is 20.9. The second kappa shape index (κ2) is 9.45. The van der Waals surface area contributed by atoms with E-state index in [9.17, 15) is 0 Å². The highest BCUT2D eigenvalue weighted by Gasteiger charge is 2.27. The van der Waals surface area contributed by atoms with Gasteiger partial charge in [-0.05, 0) is 16.4 Å². The quantitative estimate of drug-likeness (QED) is 0.490. The summed E-state index contributed by atoms with van der Waals surface area (Å²) < 4.78 is 12.0. The third kappa shape index (κ3) is 4.86. The van der Waals surface area contributed by atoms with Crippen molar-refractivity contribution in [3.05, 3.63) is 102 Å². The van der Waals surface area contributed by atoms with Crippen LogP contribution in [0.2, 0.25) is 0 Å². The van der Waals surface area contributed by atoms with Gasteiger partial charge in [0.25, 0.3) is 0 Å². The molecule has 0 fully saturated rings. The largest absolute Gasteiger partial charge is 0.478 e. The Bertz CT molecular complexity index is 987. The Balaban J connectivity index is 1.33. The molecule has 2 unspecified atom stereocenters.